The van der Waals surface area contributed by atoms with Gasteiger partial charge in [-0.3, -0.25) is 4.79 Å². The molecule has 0 spiro atoms. The summed E-state index contributed by atoms with van der Waals surface area (Å²) >= 11 is 0. The molecule has 5 heteroatoms. The van der Waals surface area contributed by atoms with Crippen LogP contribution in [0.25, 0.3) is 17.2 Å². The van der Waals surface area contributed by atoms with E-state index in [-0.39, 0.29) is 0 Å². The van der Waals surface area contributed by atoms with Gasteiger partial charge in [0, 0.05) is 22.9 Å². The number of hydrogen-bond donors (Lipinski definition) is 2. The number of anilines is 1. The molecule has 0 aliphatic heterocycles. The van der Waals surface area contributed by atoms with Crippen molar-refractivity contribution in [1.82, 2.24) is 0 Å². The topological polar surface area (TPSA) is 87.6 Å². The number of hydrogen-bond acceptors (Lipinski definition) is 4. The summed E-state index contributed by atoms with van der Waals surface area (Å²) in [7, 11) is 3.13. The zero-order valence-corrected chi connectivity index (χ0v) is 12.5. The van der Waals surface area contributed by atoms with Gasteiger partial charge in [0.1, 0.15) is 11.5 Å². The standard InChI is InChI=1S/C17H18N2O3/c1-21-14-9-7-11(8-10-15(19)20)17(22-2)16(14)12-5-3-4-6-13(12)18/h3-10H,18H2,1-2H3,(H2,19,20). The highest BCUT2D eigenvalue weighted by Gasteiger charge is 2.17. The predicted octanol–water partition coefficient (Wildman–Crippen LogP) is 2.45. The maximum absolute atomic E-state index is 11.0. The molecule has 0 bridgehead atoms. The molecule has 0 aromatic heterocycles. The average Bonchev–Trinajstić information content (AvgIpc) is 2.52. The highest BCUT2D eigenvalue weighted by atomic mass is 16.5. The Morgan fingerprint density at radius 2 is 1.82 bits per heavy atom. The van der Waals surface area contributed by atoms with Crippen LogP contribution in [0.5, 0.6) is 11.5 Å². The van der Waals surface area contributed by atoms with Crippen LogP contribution < -0.4 is 20.9 Å². The van der Waals surface area contributed by atoms with Crippen molar-refractivity contribution in [3.8, 4) is 22.6 Å². The van der Waals surface area contributed by atoms with Gasteiger partial charge < -0.3 is 20.9 Å². The average molecular weight is 298 g/mol. The van der Waals surface area contributed by atoms with Crippen LogP contribution in [-0.2, 0) is 4.79 Å². The van der Waals surface area contributed by atoms with E-state index >= 15 is 0 Å². The molecule has 0 saturated heterocycles. The van der Waals surface area contributed by atoms with Crippen LogP contribution in [0.2, 0.25) is 0 Å². The Balaban J connectivity index is 2.72. The van der Waals surface area contributed by atoms with Crippen LogP contribution >= 0.6 is 0 Å². The van der Waals surface area contributed by atoms with Crippen LogP contribution in [0.3, 0.4) is 0 Å². The molecular formula is C17H18N2O3. The van der Waals surface area contributed by atoms with E-state index in [1.165, 1.54) is 6.08 Å². The predicted molar refractivity (Wildman–Crippen MR) is 87.6 cm³/mol. The van der Waals surface area contributed by atoms with Gasteiger partial charge in [-0.25, -0.2) is 0 Å². The number of amides is 1. The zero-order chi connectivity index (χ0) is 16.1. The van der Waals surface area contributed by atoms with Gasteiger partial charge in [-0.1, -0.05) is 18.2 Å². The van der Waals surface area contributed by atoms with E-state index in [0.29, 0.717) is 22.7 Å². The first-order valence-corrected chi connectivity index (χ1v) is 6.65. The molecule has 0 aliphatic rings. The first-order valence-electron chi connectivity index (χ1n) is 6.65. The second kappa shape index (κ2) is 6.67. The minimum Gasteiger partial charge on any atom is -0.496 e. The summed E-state index contributed by atoms with van der Waals surface area (Å²) in [5.41, 5.74) is 14.1. The second-order valence-electron chi connectivity index (χ2n) is 4.59. The normalized spacial score (nSPS) is 10.6. The summed E-state index contributed by atoms with van der Waals surface area (Å²) in [6.07, 6.45) is 2.88. The third-order valence-corrected chi connectivity index (χ3v) is 3.23. The lowest BCUT2D eigenvalue weighted by Crippen LogP contribution is -2.05. The van der Waals surface area contributed by atoms with E-state index in [9.17, 15) is 4.79 Å². The van der Waals surface area contributed by atoms with E-state index in [0.717, 1.165) is 11.1 Å². The Kier molecular flexibility index (Phi) is 4.68. The van der Waals surface area contributed by atoms with Gasteiger partial charge in [-0.15, -0.1) is 0 Å². The Labute approximate surface area is 129 Å². The second-order valence-corrected chi connectivity index (χ2v) is 4.59. The lowest BCUT2D eigenvalue weighted by Gasteiger charge is -2.17. The molecule has 2 aromatic carbocycles. The number of ether oxygens (including phenoxy) is 2. The fourth-order valence-corrected chi connectivity index (χ4v) is 2.25. The van der Waals surface area contributed by atoms with E-state index in [1.54, 1.807) is 38.5 Å². The summed E-state index contributed by atoms with van der Waals surface area (Å²) < 4.78 is 10.9. The van der Waals surface area contributed by atoms with Gasteiger partial charge in [0.15, 0.2) is 0 Å². The number of benzene rings is 2. The zero-order valence-electron chi connectivity index (χ0n) is 12.5. The van der Waals surface area contributed by atoms with Crippen molar-refractivity contribution in [2.24, 2.45) is 5.73 Å². The van der Waals surface area contributed by atoms with Crippen LogP contribution in [0, 0.1) is 0 Å². The maximum Gasteiger partial charge on any atom is 0.241 e. The fraction of sp³-hybridized carbons (Fsp3) is 0.118. The van der Waals surface area contributed by atoms with Crippen molar-refractivity contribution in [3.05, 3.63) is 48.0 Å². The molecule has 5 nitrogen and oxygen atoms in total. The Bertz CT molecular complexity index is 724. The molecule has 0 fully saturated rings. The fourth-order valence-electron chi connectivity index (χ4n) is 2.25. The number of carbonyl (C=O) groups excluding carboxylic acids is 1. The SMILES string of the molecule is COc1ccc(C=CC(N)=O)c(OC)c1-c1ccccc1N. The summed E-state index contributed by atoms with van der Waals surface area (Å²) in [4.78, 5) is 11.0. The van der Waals surface area contributed by atoms with Crippen molar-refractivity contribution in [2.45, 2.75) is 0 Å². The summed E-state index contributed by atoms with van der Waals surface area (Å²) in [6, 6.07) is 11.0. The Morgan fingerprint density at radius 3 is 2.41 bits per heavy atom. The molecule has 2 rings (SSSR count). The summed E-state index contributed by atoms with van der Waals surface area (Å²) in [6.45, 7) is 0. The lowest BCUT2D eigenvalue weighted by atomic mass is 9.98. The van der Waals surface area contributed by atoms with Gasteiger partial charge in [0.2, 0.25) is 5.91 Å². The smallest absolute Gasteiger partial charge is 0.241 e. The van der Waals surface area contributed by atoms with Crippen LogP contribution in [0.4, 0.5) is 5.69 Å². The number of nitrogen functional groups attached to an aromatic ring is 1. The van der Waals surface area contributed by atoms with Gasteiger partial charge in [-0.2, -0.15) is 0 Å². The van der Waals surface area contributed by atoms with Crippen molar-refractivity contribution in [2.75, 3.05) is 20.0 Å². The number of rotatable bonds is 5. The van der Waals surface area contributed by atoms with Gasteiger partial charge in [0.05, 0.1) is 19.8 Å². The van der Waals surface area contributed by atoms with E-state index in [2.05, 4.69) is 0 Å². The first-order chi connectivity index (χ1) is 10.6. The minimum absolute atomic E-state index is 0.529. The largest absolute Gasteiger partial charge is 0.496 e. The van der Waals surface area contributed by atoms with Crippen molar-refractivity contribution in [1.29, 1.82) is 0 Å². The monoisotopic (exact) mass is 298 g/mol. The Hall–Kier alpha value is -2.95. The molecule has 2 aromatic rings. The van der Waals surface area contributed by atoms with Crippen molar-refractivity contribution in [3.63, 3.8) is 0 Å². The number of methoxy groups -OCH3 is 2. The summed E-state index contributed by atoms with van der Waals surface area (Å²) in [5, 5.41) is 0. The molecule has 0 unspecified atom stereocenters. The lowest BCUT2D eigenvalue weighted by molar-refractivity contribution is -0.113. The van der Waals surface area contributed by atoms with Crippen LogP contribution in [0.15, 0.2) is 42.5 Å². The highest BCUT2D eigenvalue weighted by Crippen LogP contribution is 2.43. The molecule has 1 amide bonds. The van der Waals surface area contributed by atoms with E-state index in [4.69, 9.17) is 20.9 Å². The van der Waals surface area contributed by atoms with Crippen LogP contribution in [-0.4, -0.2) is 20.1 Å². The number of carbonyl (C=O) groups is 1. The molecule has 4 N–H and O–H groups in total. The number of primary amides is 1. The molecule has 0 heterocycles. The molecule has 0 atom stereocenters. The van der Waals surface area contributed by atoms with Gasteiger partial charge in [0.25, 0.3) is 0 Å². The molecule has 22 heavy (non-hydrogen) atoms. The molecule has 0 radical (unpaired) electrons. The van der Waals surface area contributed by atoms with Crippen molar-refractivity contribution < 1.29 is 14.3 Å². The summed E-state index contributed by atoms with van der Waals surface area (Å²) in [5.74, 6) is 0.666. The van der Waals surface area contributed by atoms with E-state index in [1.807, 2.05) is 18.2 Å². The third kappa shape index (κ3) is 3.03. The van der Waals surface area contributed by atoms with Crippen LogP contribution in [0.1, 0.15) is 5.56 Å². The minimum atomic E-state index is -0.529. The highest BCUT2D eigenvalue weighted by molar-refractivity contribution is 5.93. The maximum atomic E-state index is 11.0. The first kappa shape index (κ1) is 15.4. The van der Waals surface area contributed by atoms with Gasteiger partial charge >= 0.3 is 0 Å². The quantitative estimate of drug-likeness (QED) is 0.655. The Morgan fingerprint density at radius 1 is 1.09 bits per heavy atom. The molecule has 0 saturated carbocycles. The molecule has 114 valence electrons. The number of nitrogens with two attached hydrogens (primary N) is 2. The van der Waals surface area contributed by atoms with E-state index < -0.39 is 5.91 Å². The molecular weight excluding hydrogens is 280 g/mol. The van der Waals surface area contributed by atoms with Crippen molar-refractivity contribution >= 4 is 17.7 Å². The number of para-hydroxylation sites is 1. The molecule has 0 aliphatic carbocycles. The van der Waals surface area contributed by atoms with Gasteiger partial charge in [-0.05, 0) is 24.3 Å². The third-order valence-electron chi connectivity index (χ3n) is 3.23.